The summed E-state index contributed by atoms with van der Waals surface area (Å²) in [6.45, 7) is 4.79. The Morgan fingerprint density at radius 1 is 1.15 bits per heavy atom. The smallest absolute Gasteiger partial charge is 0.225 e. The van der Waals surface area contributed by atoms with Gasteiger partial charge in [0.15, 0.2) is 5.43 Å². The first-order chi connectivity index (χ1) is 16.4. The molecule has 6 heteroatoms. The first kappa shape index (κ1) is 23.5. The van der Waals surface area contributed by atoms with E-state index < -0.39 is 5.82 Å². The number of hydrogen-bond acceptors (Lipinski definition) is 4. The van der Waals surface area contributed by atoms with E-state index in [1.807, 2.05) is 0 Å². The summed E-state index contributed by atoms with van der Waals surface area (Å²) in [5.74, 6) is 0.651. The van der Waals surface area contributed by atoms with Crippen LogP contribution in [-0.2, 0) is 11.3 Å². The number of nitrogens with zero attached hydrogens (tertiary/aromatic N) is 2. The van der Waals surface area contributed by atoms with Gasteiger partial charge in [0, 0.05) is 43.2 Å². The van der Waals surface area contributed by atoms with Crippen molar-refractivity contribution in [3.8, 4) is 0 Å². The minimum absolute atomic E-state index is 0.0792. The van der Waals surface area contributed by atoms with E-state index in [9.17, 15) is 14.0 Å². The van der Waals surface area contributed by atoms with Crippen molar-refractivity contribution in [2.45, 2.75) is 83.2 Å². The second-order valence-electron chi connectivity index (χ2n) is 11.0. The molecule has 0 unspecified atom stereocenters. The molecule has 1 amide bonds. The topological polar surface area (TPSA) is 53.8 Å². The summed E-state index contributed by atoms with van der Waals surface area (Å²) in [4.78, 5) is 31.0. The Hall–Kier alpha value is -2.21. The number of piperazine rings is 1. The highest BCUT2D eigenvalue weighted by Gasteiger charge is 2.45. The molecule has 1 saturated heterocycles. The van der Waals surface area contributed by atoms with E-state index in [0.29, 0.717) is 41.4 Å². The molecule has 1 aromatic heterocycles. The standard InChI is InChI=1S/C28H37FN2O3/c1-20(15-21-7-3-2-4-8-21)27(33)30-13-14-31(28(19-30)11-5-6-12-28)17-22-18-34-25-10-9-23(29)16-24(25)26(22)32/h9-10,16,18,20-21H,2-8,11-15,17,19H2,1H3/t20-/m1/s1. The highest BCUT2D eigenvalue weighted by atomic mass is 19.1. The van der Waals surface area contributed by atoms with E-state index in [2.05, 4.69) is 16.7 Å². The molecule has 1 aromatic carbocycles. The van der Waals surface area contributed by atoms with E-state index in [1.54, 1.807) is 0 Å². The molecule has 5 nitrogen and oxygen atoms in total. The lowest BCUT2D eigenvalue weighted by Gasteiger charge is -2.49. The summed E-state index contributed by atoms with van der Waals surface area (Å²) in [6.07, 6.45) is 13.4. The van der Waals surface area contributed by atoms with Crippen LogP contribution in [0.3, 0.4) is 0 Å². The maximum atomic E-state index is 13.8. The second-order valence-corrected chi connectivity index (χ2v) is 11.0. The maximum Gasteiger partial charge on any atom is 0.225 e. The van der Waals surface area contributed by atoms with Gasteiger partial charge in [0.2, 0.25) is 5.91 Å². The van der Waals surface area contributed by atoms with Crippen molar-refractivity contribution in [3.05, 3.63) is 46.1 Å². The number of hydrogen-bond donors (Lipinski definition) is 0. The van der Waals surface area contributed by atoms with Crippen LogP contribution in [0.2, 0.25) is 0 Å². The third kappa shape index (κ3) is 4.66. The normalized spacial score (nSPS) is 22.5. The molecule has 1 spiro atoms. The molecule has 5 rings (SSSR count). The number of carbonyl (C=O) groups is 1. The summed E-state index contributed by atoms with van der Waals surface area (Å²) in [5, 5.41) is 0.295. The predicted molar refractivity (Wildman–Crippen MR) is 131 cm³/mol. The highest BCUT2D eigenvalue weighted by molar-refractivity contribution is 5.79. The van der Waals surface area contributed by atoms with E-state index in [-0.39, 0.29) is 16.9 Å². The molecule has 2 aromatic rings. The average molecular weight is 469 g/mol. The Labute approximate surface area is 201 Å². The number of amides is 1. The predicted octanol–water partition coefficient (Wildman–Crippen LogP) is 5.50. The number of benzene rings is 1. The second kappa shape index (κ2) is 9.80. The molecular weight excluding hydrogens is 431 g/mol. The van der Waals surface area contributed by atoms with Crippen molar-refractivity contribution < 1.29 is 13.6 Å². The summed E-state index contributed by atoms with van der Waals surface area (Å²) in [5.41, 5.74) is 0.735. The molecule has 2 aliphatic carbocycles. The first-order valence-corrected chi connectivity index (χ1v) is 13.2. The molecule has 2 heterocycles. The lowest BCUT2D eigenvalue weighted by Crippen LogP contribution is -2.62. The van der Waals surface area contributed by atoms with Gasteiger partial charge in [-0.25, -0.2) is 4.39 Å². The molecule has 2 saturated carbocycles. The molecule has 0 N–H and O–H groups in total. The summed E-state index contributed by atoms with van der Waals surface area (Å²) >= 11 is 0. The van der Waals surface area contributed by atoms with Crippen molar-refractivity contribution in [1.29, 1.82) is 0 Å². The average Bonchev–Trinajstić information content (AvgIpc) is 3.31. The zero-order valence-corrected chi connectivity index (χ0v) is 20.4. The molecular formula is C28H37FN2O3. The van der Waals surface area contributed by atoms with Crippen molar-refractivity contribution in [2.24, 2.45) is 11.8 Å². The lowest BCUT2D eigenvalue weighted by atomic mass is 9.82. The Morgan fingerprint density at radius 2 is 1.91 bits per heavy atom. The van der Waals surface area contributed by atoms with Crippen LogP contribution in [0.5, 0.6) is 0 Å². The van der Waals surface area contributed by atoms with Crippen molar-refractivity contribution in [1.82, 2.24) is 9.80 Å². The van der Waals surface area contributed by atoms with E-state index >= 15 is 0 Å². The summed E-state index contributed by atoms with van der Waals surface area (Å²) in [7, 11) is 0. The van der Waals surface area contributed by atoms with Gasteiger partial charge >= 0.3 is 0 Å². The number of fused-ring (bicyclic) bond motifs is 1. The third-order valence-electron chi connectivity index (χ3n) is 8.64. The lowest BCUT2D eigenvalue weighted by molar-refractivity contribution is -0.141. The van der Waals surface area contributed by atoms with Gasteiger partial charge in [-0.2, -0.15) is 0 Å². The SMILES string of the molecule is C[C@H](CC1CCCCC1)C(=O)N1CCN(Cc2coc3ccc(F)cc3c2=O)C2(CCCC2)C1. The monoisotopic (exact) mass is 468 g/mol. The van der Waals surface area contributed by atoms with Gasteiger partial charge in [-0.1, -0.05) is 51.9 Å². The van der Waals surface area contributed by atoms with Crippen LogP contribution in [0.4, 0.5) is 4.39 Å². The Morgan fingerprint density at radius 3 is 2.68 bits per heavy atom. The highest BCUT2D eigenvalue weighted by Crippen LogP contribution is 2.39. The summed E-state index contributed by atoms with van der Waals surface area (Å²) in [6, 6.07) is 4.08. The van der Waals surface area contributed by atoms with E-state index in [1.165, 1.54) is 56.6 Å². The molecule has 3 fully saturated rings. The minimum Gasteiger partial charge on any atom is -0.464 e. The Balaban J connectivity index is 1.31. The van der Waals surface area contributed by atoms with Crippen LogP contribution >= 0.6 is 0 Å². The third-order valence-corrected chi connectivity index (χ3v) is 8.64. The van der Waals surface area contributed by atoms with E-state index in [0.717, 1.165) is 45.2 Å². The molecule has 0 radical (unpaired) electrons. The van der Waals surface area contributed by atoms with Crippen molar-refractivity contribution in [2.75, 3.05) is 19.6 Å². The molecule has 184 valence electrons. The largest absolute Gasteiger partial charge is 0.464 e. The van der Waals surface area contributed by atoms with Crippen molar-refractivity contribution >= 4 is 16.9 Å². The van der Waals surface area contributed by atoms with E-state index in [4.69, 9.17) is 4.42 Å². The van der Waals surface area contributed by atoms with Gasteiger partial charge in [-0.15, -0.1) is 0 Å². The van der Waals surface area contributed by atoms with Gasteiger partial charge in [-0.3, -0.25) is 14.5 Å². The zero-order chi connectivity index (χ0) is 23.7. The van der Waals surface area contributed by atoms with Crippen LogP contribution in [-0.4, -0.2) is 40.9 Å². The number of rotatable bonds is 5. The van der Waals surface area contributed by atoms with Gasteiger partial charge in [0.1, 0.15) is 11.4 Å². The number of carbonyl (C=O) groups excluding carboxylic acids is 1. The fourth-order valence-electron chi connectivity index (χ4n) is 6.75. The van der Waals surface area contributed by atoms with Crippen LogP contribution in [0.15, 0.2) is 33.7 Å². The van der Waals surface area contributed by atoms with Gasteiger partial charge < -0.3 is 9.32 Å². The zero-order valence-electron chi connectivity index (χ0n) is 20.4. The quantitative estimate of drug-likeness (QED) is 0.582. The fraction of sp³-hybridized carbons (Fsp3) is 0.643. The fourth-order valence-corrected chi connectivity index (χ4v) is 6.75. The molecule has 1 aliphatic heterocycles. The minimum atomic E-state index is -0.432. The first-order valence-electron chi connectivity index (χ1n) is 13.2. The number of halogens is 1. The van der Waals surface area contributed by atoms with Gasteiger partial charge in [0.25, 0.3) is 0 Å². The van der Waals surface area contributed by atoms with Gasteiger partial charge in [0.05, 0.1) is 11.6 Å². The Bertz CT molecular complexity index is 1080. The Kier molecular flexibility index (Phi) is 6.79. The van der Waals surface area contributed by atoms with Crippen LogP contribution in [0.25, 0.3) is 11.0 Å². The van der Waals surface area contributed by atoms with Crippen LogP contribution in [0.1, 0.15) is 76.7 Å². The molecule has 34 heavy (non-hydrogen) atoms. The summed E-state index contributed by atoms with van der Waals surface area (Å²) < 4.78 is 19.4. The molecule has 3 aliphatic rings. The maximum absolute atomic E-state index is 13.8. The van der Waals surface area contributed by atoms with Crippen LogP contribution in [0, 0.1) is 17.7 Å². The molecule has 0 bridgehead atoms. The van der Waals surface area contributed by atoms with Crippen molar-refractivity contribution in [3.63, 3.8) is 0 Å². The molecule has 1 atom stereocenters. The van der Waals surface area contributed by atoms with Gasteiger partial charge in [-0.05, 0) is 43.4 Å². The van der Waals surface area contributed by atoms with Crippen LogP contribution < -0.4 is 5.43 Å².